The molecule has 0 aromatic heterocycles. The average molecular weight is 971 g/mol. The molecule has 0 spiro atoms. The van der Waals surface area contributed by atoms with Gasteiger partial charge in [0.1, 0.15) is 11.6 Å². The standard InChI is InChI=1S/C56H71FO13/c1-9-11-12-15-38-18-20-41(21-19-38)42-22-25-48(49(57)33-42)43-23-24-47(40(10-2)30-43)46-31-44(16-13-27-67-51(58)36(3)4)50(45(32-46)17-14-28-68-52(59)37(5)6)66-29-26-39(34-69-55(62)53(60)64-7)35-70-56(63)54(61)65-8/h22-25,30-33,38-39,41H,3,5,9-21,26-29,34-35H2,1-2,4,6-8H3. The van der Waals surface area contributed by atoms with Crippen LogP contribution in [0.5, 0.6) is 5.75 Å². The predicted octanol–water partition coefficient (Wildman–Crippen LogP) is 10.5. The van der Waals surface area contributed by atoms with Crippen molar-refractivity contribution in [3.63, 3.8) is 0 Å². The van der Waals surface area contributed by atoms with Gasteiger partial charge in [0.25, 0.3) is 0 Å². The third-order valence-electron chi connectivity index (χ3n) is 12.6. The van der Waals surface area contributed by atoms with Crippen LogP contribution < -0.4 is 4.74 Å². The molecule has 4 rings (SSSR count). The number of unbranched alkanes of at least 4 members (excludes halogenated alkanes) is 2. The van der Waals surface area contributed by atoms with Gasteiger partial charge in [-0.1, -0.05) is 83.0 Å². The van der Waals surface area contributed by atoms with E-state index in [1.54, 1.807) is 19.9 Å². The number of carbonyl (C=O) groups excluding carboxylic acids is 6. The monoisotopic (exact) mass is 970 g/mol. The minimum atomic E-state index is -1.25. The molecule has 0 saturated heterocycles. The van der Waals surface area contributed by atoms with Crippen LogP contribution in [0.25, 0.3) is 22.3 Å². The molecule has 3 aromatic rings. The fraction of sp³-hybridized carbons (Fsp3) is 0.500. The predicted molar refractivity (Wildman–Crippen MR) is 263 cm³/mol. The zero-order chi connectivity index (χ0) is 51.2. The summed E-state index contributed by atoms with van der Waals surface area (Å²) in [6, 6.07) is 15.7. The van der Waals surface area contributed by atoms with Gasteiger partial charge < -0.3 is 33.2 Å². The number of hydrogen-bond acceptors (Lipinski definition) is 13. The molecule has 1 saturated carbocycles. The Balaban J connectivity index is 1.69. The molecule has 1 fully saturated rings. The van der Waals surface area contributed by atoms with Gasteiger partial charge >= 0.3 is 35.8 Å². The Labute approximate surface area is 412 Å². The number of hydrogen-bond donors (Lipinski definition) is 0. The molecule has 0 unspecified atom stereocenters. The van der Waals surface area contributed by atoms with E-state index in [9.17, 15) is 28.8 Å². The summed E-state index contributed by atoms with van der Waals surface area (Å²) in [5.41, 5.74) is 7.23. The van der Waals surface area contributed by atoms with Crippen LogP contribution >= 0.6 is 0 Å². The summed E-state index contributed by atoms with van der Waals surface area (Å²) < 4.78 is 52.6. The van der Waals surface area contributed by atoms with Crippen LogP contribution in [0.2, 0.25) is 0 Å². The molecule has 0 bridgehead atoms. The fourth-order valence-electron chi connectivity index (χ4n) is 8.60. The topological polar surface area (TPSA) is 167 Å². The maximum atomic E-state index is 16.1. The zero-order valence-electron chi connectivity index (χ0n) is 41.9. The fourth-order valence-corrected chi connectivity index (χ4v) is 8.60. The zero-order valence-corrected chi connectivity index (χ0v) is 41.9. The smallest absolute Gasteiger partial charge is 0.417 e. The number of esters is 6. The van der Waals surface area contributed by atoms with Crippen LogP contribution in [-0.2, 0) is 76.5 Å². The van der Waals surface area contributed by atoms with Crippen LogP contribution in [0.15, 0.2) is 72.8 Å². The summed E-state index contributed by atoms with van der Waals surface area (Å²) in [4.78, 5) is 72.4. The van der Waals surface area contributed by atoms with Crippen molar-refractivity contribution in [3.05, 3.63) is 101 Å². The van der Waals surface area contributed by atoms with Crippen molar-refractivity contribution in [3.8, 4) is 28.0 Å². The Bertz CT molecular complexity index is 2220. The van der Waals surface area contributed by atoms with E-state index in [0.29, 0.717) is 49.3 Å². The summed E-state index contributed by atoms with van der Waals surface area (Å²) >= 11 is 0. The summed E-state index contributed by atoms with van der Waals surface area (Å²) in [6.07, 6.45) is 12.0. The normalized spacial score (nSPS) is 14.3. The molecule has 0 atom stereocenters. The van der Waals surface area contributed by atoms with Gasteiger partial charge in [-0.05, 0) is 147 Å². The molecule has 1 aliphatic carbocycles. The van der Waals surface area contributed by atoms with Crippen molar-refractivity contribution >= 4 is 35.8 Å². The van der Waals surface area contributed by atoms with Crippen LogP contribution in [-0.4, -0.2) is 83.1 Å². The SMILES string of the molecule is C=C(C)C(=O)OCCCc1cc(-c2ccc(-c3ccc(C4CCC(CCCCC)CC4)cc3F)cc2CC)cc(CCCOC(=O)C(=C)C)c1OCCC(COC(=O)C(=O)OC)COC(=O)C(=O)OC. The Hall–Kier alpha value is -6.31. The van der Waals surface area contributed by atoms with Gasteiger partial charge in [0.15, 0.2) is 0 Å². The molecule has 0 N–H and O–H groups in total. The van der Waals surface area contributed by atoms with Crippen molar-refractivity contribution in [2.24, 2.45) is 11.8 Å². The van der Waals surface area contributed by atoms with Crippen molar-refractivity contribution < 1.29 is 66.3 Å². The van der Waals surface area contributed by atoms with Gasteiger partial charge in [-0.25, -0.2) is 33.2 Å². The highest BCUT2D eigenvalue weighted by molar-refractivity contribution is 6.30. The number of carbonyl (C=O) groups is 6. The maximum absolute atomic E-state index is 16.1. The lowest BCUT2D eigenvalue weighted by Gasteiger charge is -2.29. The third kappa shape index (κ3) is 17.3. The molecule has 70 heavy (non-hydrogen) atoms. The van der Waals surface area contributed by atoms with Crippen LogP contribution in [0.3, 0.4) is 0 Å². The number of ether oxygens (including phenoxy) is 7. The Morgan fingerprint density at radius 1 is 0.614 bits per heavy atom. The number of rotatable bonds is 26. The lowest BCUT2D eigenvalue weighted by atomic mass is 9.77. The Morgan fingerprint density at radius 3 is 1.66 bits per heavy atom. The van der Waals surface area contributed by atoms with Crippen molar-refractivity contribution in [1.29, 1.82) is 0 Å². The van der Waals surface area contributed by atoms with Crippen LogP contribution in [0.4, 0.5) is 4.39 Å². The first kappa shape index (κ1) is 56.3. The third-order valence-corrected chi connectivity index (χ3v) is 12.6. The van der Waals surface area contributed by atoms with E-state index in [-0.39, 0.29) is 56.4 Å². The number of aryl methyl sites for hydroxylation is 3. The van der Waals surface area contributed by atoms with E-state index in [1.165, 1.54) is 38.5 Å². The van der Waals surface area contributed by atoms with E-state index in [1.807, 2.05) is 43.3 Å². The lowest BCUT2D eigenvalue weighted by molar-refractivity contribution is -0.169. The minimum Gasteiger partial charge on any atom is -0.493 e. The van der Waals surface area contributed by atoms with E-state index >= 15 is 4.39 Å². The first-order valence-corrected chi connectivity index (χ1v) is 24.5. The summed E-state index contributed by atoms with van der Waals surface area (Å²) in [5, 5.41) is 0. The van der Waals surface area contributed by atoms with Crippen molar-refractivity contribution in [1.82, 2.24) is 0 Å². The second-order valence-electron chi connectivity index (χ2n) is 18.0. The molecule has 14 heteroatoms. The van der Waals surface area contributed by atoms with Crippen molar-refractivity contribution in [2.45, 2.75) is 124 Å². The molecule has 0 aliphatic heterocycles. The minimum absolute atomic E-state index is 0.00950. The maximum Gasteiger partial charge on any atom is 0.417 e. The highest BCUT2D eigenvalue weighted by atomic mass is 19.1. The van der Waals surface area contributed by atoms with E-state index in [2.05, 4.69) is 35.6 Å². The highest BCUT2D eigenvalue weighted by Gasteiger charge is 2.25. The summed E-state index contributed by atoms with van der Waals surface area (Å²) in [5.74, 6) is -5.30. The second-order valence-corrected chi connectivity index (χ2v) is 18.0. The summed E-state index contributed by atoms with van der Waals surface area (Å²) in [7, 11) is 2.06. The number of halogens is 1. The molecule has 0 amide bonds. The first-order chi connectivity index (χ1) is 33.6. The van der Waals surface area contributed by atoms with Gasteiger partial charge in [-0.15, -0.1) is 0 Å². The van der Waals surface area contributed by atoms with Crippen LogP contribution in [0.1, 0.15) is 126 Å². The summed E-state index contributed by atoms with van der Waals surface area (Å²) in [6.45, 7) is 14.2. The Morgan fingerprint density at radius 2 is 1.16 bits per heavy atom. The number of benzene rings is 3. The highest BCUT2D eigenvalue weighted by Crippen LogP contribution is 2.40. The van der Waals surface area contributed by atoms with Crippen molar-refractivity contribution in [2.75, 3.05) is 47.3 Å². The largest absolute Gasteiger partial charge is 0.493 e. The second kappa shape index (κ2) is 29.0. The van der Waals surface area contributed by atoms with E-state index in [4.69, 9.17) is 23.7 Å². The molecular weight excluding hydrogens is 900 g/mol. The molecule has 380 valence electrons. The first-order valence-electron chi connectivity index (χ1n) is 24.5. The molecular formula is C56H71FO13. The molecule has 0 radical (unpaired) electrons. The molecule has 1 aliphatic rings. The van der Waals surface area contributed by atoms with Gasteiger partial charge in [-0.2, -0.15) is 0 Å². The molecule has 0 heterocycles. The van der Waals surface area contributed by atoms with Gasteiger partial charge in [0.05, 0.1) is 47.3 Å². The molecule has 13 nitrogen and oxygen atoms in total. The molecule has 3 aromatic carbocycles. The average Bonchev–Trinajstić information content (AvgIpc) is 3.36. The van der Waals surface area contributed by atoms with E-state index in [0.717, 1.165) is 71.9 Å². The van der Waals surface area contributed by atoms with Gasteiger partial charge in [0, 0.05) is 22.6 Å². The van der Waals surface area contributed by atoms with Crippen LogP contribution in [0, 0.1) is 17.7 Å². The quantitative estimate of drug-likeness (QED) is 0.0245. The number of methoxy groups -OCH3 is 2. The van der Waals surface area contributed by atoms with Gasteiger partial charge in [0.2, 0.25) is 0 Å². The Kier molecular flexibility index (Phi) is 23.3. The van der Waals surface area contributed by atoms with E-state index < -0.39 is 41.7 Å². The van der Waals surface area contributed by atoms with Gasteiger partial charge in [-0.3, -0.25) is 0 Å². The lowest BCUT2D eigenvalue weighted by Crippen LogP contribution is -2.28.